The minimum Gasteiger partial charge on any atom is -0.481 e. The zero-order valence-electron chi connectivity index (χ0n) is 11.0. The molecule has 1 aromatic rings. The van der Waals surface area contributed by atoms with E-state index in [2.05, 4.69) is 5.32 Å². The van der Waals surface area contributed by atoms with Crippen molar-refractivity contribution in [2.24, 2.45) is 0 Å². The van der Waals surface area contributed by atoms with Crippen LogP contribution in [0.3, 0.4) is 0 Å². The van der Waals surface area contributed by atoms with Gasteiger partial charge in [-0.15, -0.1) is 0 Å². The average molecular weight is 248 g/mol. The summed E-state index contributed by atoms with van der Waals surface area (Å²) >= 11 is 0. The van der Waals surface area contributed by atoms with Crippen LogP contribution in [0.25, 0.3) is 0 Å². The minimum atomic E-state index is -0.426. The number of nitrogens with one attached hydrogen (secondary N) is 1. The number of nitrogens with zero attached hydrogens (tertiary/aromatic N) is 1. The molecule has 4 heteroatoms. The van der Waals surface area contributed by atoms with E-state index in [1.165, 1.54) is 0 Å². The normalized spacial score (nSPS) is 17.3. The van der Waals surface area contributed by atoms with Gasteiger partial charge in [-0.3, -0.25) is 4.79 Å². The molecule has 1 aliphatic rings. The highest BCUT2D eigenvalue weighted by atomic mass is 16.5. The second-order valence-electron chi connectivity index (χ2n) is 4.65. The van der Waals surface area contributed by atoms with Gasteiger partial charge in [0.05, 0.1) is 0 Å². The van der Waals surface area contributed by atoms with Crippen molar-refractivity contribution in [3.63, 3.8) is 0 Å². The third-order valence-electron chi connectivity index (χ3n) is 3.08. The Morgan fingerprint density at radius 1 is 1.39 bits per heavy atom. The topological polar surface area (TPSA) is 41.6 Å². The Hall–Kier alpha value is -1.55. The summed E-state index contributed by atoms with van der Waals surface area (Å²) in [6, 6.07) is 7.78. The molecule has 1 aromatic carbocycles. The van der Waals surface area contributed by atoms with Gasteiger partial charge in [0, 0.05) is 26.2 Å². The van der Waals surface area contributed by atoms with Gasteiger partial charge in [-0.1, -0.05) is 12.1 Å². The Morgan fingerprint density at radius 2 is 2.11 bits per heavy atom. The molecule has 0 aliphatic carbocycles. The second kappa shape index (κ2) is 5.87. The smallest absolute Gasteiger partial charge is 0.263 e. The number of hydrogen-bond donors (Lipinski definition) is 1. The second-order valence-corrected chi connectivity index (χ2v) is 4.65. The first-order chi connectivity index (χ1) is 8.66. The number of benzene rings is 1. The molecule has 18 heavy (non-hydrogen) atoms. The molecule has 1 fully saturated rings. The maximum atomic E-state index is 12.2. The summed E-state index contributed by atoms with van der Waals surface area (Å²) in [5, 5.41) is 3.23. The van der Waals surface area contributed by atoms with Crippen LogP contribution < -0.4 is 10.1 Å². The van der Waals surface area contributed by atoms with Gasteiger partial charge in [-0.25, -0.2) is 0 Å². The molecule has 0 saturated carbocycles. The van der Waals surface area contributed by atoms with Gasteiger partial charge < -0.3 is 15.0 Å². The standard InChI is InChI=1S/C14H20N2O2/c1-11-4-3-5-13(10-11)18-12(2)14(17)16-8-6-15-7-9-16/h3-5,10,12,15H,6-9H2,1-2H3/t12-/m0/s1. The molecule has 1 amide bonds. The number of carbonyl (C=O) groups is 1. The molecular formula is C14H20N2O2. The van der Waals surface area contributed by atoms with Gasteiger partial charge in [-0.2, -0.15) is 0 Å². The predicted molar refractivity (Wildman–Crippen MR) is 70.7 cm³/mol. The summed E-state index contributed by atoms with van der Waals surface area (Å²) in [5.74, 6) is 0.823. The molecule has 1 heterocycles. The fraction of sp³-hybridized carbons (Fsp3) is 0.500. The van der Waals surface area contributed by atoms with Crippen molar-refractivity contribution in [3.8, 4) is 5.75 Å². The lowest BCUT2D eigenvalue weighted by molar-refractivity contribution is -0.138. The Morgan fingerprint density at radius 3 is 2.78 bits per heavy atom. The number of carbonyl (C=O) groups excluding carboxylic acids is 1. The largest absolute Gasteiger partial charge is 0.481 e. The molecule has 0 spiro atoms. The Balaban J connectivity index is 1.94. The van der Waals surface area contributed by atoms with Crippen LogP contribution in [0.2, 0.25) is 0 Å². The Labute approximate surface area is 108 Å². The fourth-order valence-corrected chi connectivity index (χ4v) is 2.09. The van der Waals surface area contributed by atoms with E-state index in [0.29, 0.717) is 0 Å². The van der Waals surface area contributed by atoms with Crippen LogP contribution in [0.5, 0.6) is 5.75 Å². The maximum Gasteiger partial charge on any atom is 0.263 e. The lowest BCUT2D eigenvalue weighted by atomic mass is 10.2. The molecule has 4 nitrogen and oxygen atoms in total. The summed E-state index contributed by atoms with van der Waals surface area (Å²) < 4.78 is 5.70. The van der Waals surface area contributed by atoms with Gasteiger partial charge in [-0.05, 0) is 31.5 Å². The molecule has 1 N–H and O–H groups in total. The van der Waals surface area contributed by atoms with Crippen LogP contribution in [0.15, 0.2) is 24.3 Å². The summed E-state index contributed by atoms with van der Waals surface area (Å²) in [4.78, 5) is 14.0. The van der Waals surface area contributed by atoms with E-state index < -0.39 is 6.10 Å². The quantitative estimate of drug-likeness (QED) is 0.873. The third kappa shape index (κ3) is 3.23. The summed E-state index contributed by atoms with van der Waals surface area (Å²) in [7, 11) is 0. The highest BCUT2D eigenvalue weighted by Gasteiger charge is 2.23. The van der Waals surface area contributed by atoms with E-state index in [1.807, 2.05) is 43.0 Å². The molecule has 1 atom stereocenters. The Kier molecular flexibility index (Phi) is 4.20. The minimum absolute atomic E-state index is 0.0676. The van der Waals surface area contributed by atoms with Crippen molar-refractivity contribution in [3.05, 3.63) is 29.8 Å². The highest BCUT2D eigenvalue weighted by molar-refractivity contribution is 5.81. The van der Waals surface area contributed by atoms with Crippen LogP contribution in [-0.4, -0.2) is 43.1 Å². The third-order valence-corrected chi connectivity index (χ3v) is 3.08. The molecule has 2 rings (SSSR count). The fourth-order valence-electron chi connectivity index (χ4n) is 2.09. The van der Waals surface area contributed by atoms with Crippen LogP contribution in [0, 0.1) is 6.92 Å². The SMILES string of the molecule is Cc1cccc(O[C@@H](C)C(=O)N2CCNCC2)c1. The van der Waals surface area contributed by atoms with Gasteiger partial charge >= 0.3 is 0 Å². The van der Waals surface area contributed by atoms with Crippen molar-refractivity contribution in [1.82, 2.24) is 10.2 Å². The van der Waals surface area contributed by atoms with Crippen molar-refractivity contribution in [2.75, 3.05) is 26.2 Å². The molecule has 0 radical (unpaired) electrons. The lowest BCUT2D eigenvalue weighted by Gasteiger charge is -2.29. The van der Waals surface area contributed by atoms with Crippen molar-refractivity contribution in [2.45, 2.75) is 20.0 Å². The van der Waals surface area contributed by atoms with E-state index in [9.17, 15) is 4.79 Å². The van der Waals surface area contributed by atoms with Crippen molar-refractivity contribution in [1.29, 1.82) is 0 Å². The first-order valence-electron chi connectivity index (χ1n) is 6.39. The zero-order valence-corrected chi connectivity index (χ0v) is 11.0. The predicted octanol–water partition coefficient (Wildman–Crippen LogP) is 1.19. The van der Waals surface area contributed by atoms with Crippen LogP contribution >= 0.6 is 0 Å². The number of amides is 1. The summed E-state index contributed by atoms with van der Waals surface area (Å²) in [5.41, 5.74) is 1.13. The van der Waals surface area contributed by atoms with Crippen LogP contribution in [-0.2, 0) is 4.79 Å². The first kappa shape index (κ1) is 12.9. The van der Waals surface area contributed by atoms with Crippen LogP contribution in [0.4, 0.5) is 0 Å². The van der Waals surface area contributed by atoms with Crippen molar-refractivity contribution >= 4 is 5.91 Å². The number of hydrogen-bond acceptors (Lipinski definition) is 3. The lowest BCUT2D eigenvalue weighted by Crippen LogP contribution is -2.50. The number of piperazine rings is 1. The van der Waals surface area contributed by atoms with E-state index in [-0.39, 0.29) is 5.91 Å². The molecule has 0 unspecified atom stereocenters. The van der Waals surface area contributed by atoms with E-state index in [0.717, 1.165) is 37.5 Å². The Bertz CT molecular complexity index is 414. The molecular weight excluding hydrogens is 228 g/mol. The molecule has 1 aliphatic heterocycles. The number of ether oxygens (including phenoxy) is 1. The molecule has 1 saturated heterocycles. The van der Waals surface area contributed by atoms with E-state index >= 15 is 0 Å². The van der Waals surface area contributed by atoms with Crippen molar-refractivity contribution < 1.29 is 9.53 Å². The van der Waals surface area contributed by atoms with Gasteiger partial charge in [0.15, 0.2) is 6.10 Å². The number of rotatable bonds is 3. The van der Waals surface area contributed by atoms with Gasteiger partial charge in [0.2, 0.25) is 0 Å². The molecule has 0 aromatic heterocycles. The number of aryl methyl sites for hydroxylation is 1. The molecule has 0 bridgehead atoms. The monoisotopic (exact) mass is 248 g/mol. The average Bonchev–Trinajstić information content (AvgIpc) is 2.39. The van der Waals surface area contributed by atoms with Crippen LogP contribution in [0.1, 0.15) is 12.5 Å². The zero-order chi connectivity index (χ0) is 13.0. The van der Waals surface area contributed by atoms with E-state index in [1.54, 1.807) is 0 Å². The van der Waals surface area contributed by atoms with E-state index in [4.69, 9.17) is 4.74 Å². The first-order valence-corrected chi connectivity index (χ1v) is 6.39. The van der Waals surface area contributed by atoms with Gasteiger partial charge in [0.1, 0.15) is 5.75 Å². The van der Waals surface area contributed by atoms with Gasteiger partial charge in [0.25, 0.3) is 5.91 Å². The maximum absolute atomic E-state index is 12.2. The summed E-state index contributed by atoms with van der Waals surface area (Å²) in [6.07, 6.45) is -0.426. The highest BCUT2D eigenvalue weighted by Crippen LogP contribution is 2.15. The summed E-state index contributed by atoms with van der Waals surface area (Å²) in [6.45, 7) is 7.08. The molecule has 98 valence electrons.